The van der Waals surface area contributed by atoms with E-state index in [0.717, 1.165) is 12.8 Å². The van der Waals surface area contributed by atoms with E-state index >= 15 is 0 Å². The molecule has 0 aliphatic heterocycles. The summed E-state index contributed by atoms with van der Waals surface area (Å²) in [4.78, 5) is 0. The van der Waals surface area contributed by atoms with Crippen molar-refractivity contribution in [1.29, 1.82) is 0 Å². The Balaban J connectivity index is 0. The van der Waals surface area contributed by atoms with Crippen molar-refractivity contribution in [3.8, 4) is 0 Å². The molecule has 0 aromatic heterocycles. The van der Waals surface area contributed by atoms with Gasteiger partial charge in [-0.2, -0.15) is 0 Å². The van der Waals surface area contributed by atoms with Crippen LogP contribution in [0.4, 0.5) is 0 Å². The van der Waals surface area contributed by atoms with Gasteiger partial charge in [0, 0.05) is 0 Å². The third kappa shape index (κ3) is 14.5. The van der Waals surface area contributed by atoms with Crippen molar-refractivity contribution >= 4 is 10.1 Å². The molecular formula is C16H33NaO4S. The Morgan fingerprint density at radius 3 is 1.77 bits per heavy atom. The summed E-state index contributed by atoms with van der Waals surface area (Å²) in [6.07, 6.45) is 11.2. The molecule has 0 bridgehead atoms. The van der Waals surface area contributed by atoms with Crippen molar-refractivity contribution in [1.82, 2.24) is 0 Å². The van der Waals surface area contributed by atoms with Crippen LogP contribution in [0.25, 0.3) is 0 Å². The molecule has 0 heterocycles. The number of aliphatic hydroxyl groups excluding tert-OH is 1. The number of hydrogen-bond donors (Lipinski definition) is 1. The number of unbranched alkanes of at least 4 members (excludes halogenated alkanes) is 8. The summed E-state index contributed by atoms with van der Waals surface area (Å²) in [5.74, 6) is 0. The van der Waals surface area contributed by atoms with Crippen molar-refractivity contribution < 1.29 is 47.6 Å². The van der Waals surface area contributed by atoms with Crippen LogP contribution >= 0.6 is 0 Å². The summed E-state index contributed by atoms with van der Waals surface area (Å²) in [5.41, 5.74) is 0. The van der Waals surface area contributed by atoms with Crippen LogP contribution in [0.1, 0.15) is 90.9 Å². The molecule has 0 aliphatic carbocycles. The maximum absolute atomic E-state index is 11.0. The van der Waals surface area contributed by atoms with Gasteiger partial charge < -0.3 is 9.66 Å². The van der Waals surface area contributed by atoms with Crippen LogP contribution in [0.5, 0.6) is 0 Å². The fraction of sp³-hybridized carbons (Fsp3) is 1.00. The second-order valence-corrected chi connectivity index (χ2v) is 7.68. The van der Waals surface area contributed by atoms with Gasteiger partial charge in [-0.05, 0) is 19.3 Å². The van der Waals surface area contributed by atoms with E-state index in [1.807, 2.05) is 0 Å². The quantitative estimate of drug-likeness (QED) is 0.290. The van der Waals surface area contributed by atoms with Crippen molar-refractivity contribution in [2.75, 3.05) is 0 Å². The van der Waals surface area contributed by atoms with Gasteiger partial charge in [-0.25, -0.2) is 8.42 Å². The molecule has 2 atom stereocenters. The maximum atomic E-state index is 11.0. The molecule has 0 aromatic carbocycles. The second-order valence-electron chi connectivity index (χ2n) is 6.03. The third-order valence-corrected chi connectivity index (χ3v) is 5.38. The Morgan fingerprint density at radius 2 is 1.36 bits per heavy atom. The summed E-state index contributed by atoms with van der Waals surface area (Å²) in [6, 6.07) is 0. The summed E-state index contributed by atoms with van der Waals surface area (Å²) in [6.45, 7) is 3.89. The molecule has 0 aliphatic rings. The smallest absolute Gasteiger partial charge is 0.748 e. The van der Waals surface area contributed by atoms with Crippen LogP contribution in [-0.4, -0.2) is 29.4 Å². The maximum Gasteiger partial charge on any atom is 1.00 e. The van der Waals surface area contributed by atoms with Gasteiger partial charge >= 0.3 is 29.6 Å². The SMILES string of the molecule is CCCCCCCCCCCC(O)CC(CC)S(=O)(=O)[O-].[Na+]. The van der Waals surface area contributed by atoms with Gasteiger partial charge in [-0.15, -0.1) is 0 Å². The zero-order valence-corrected chi connectivity index (χ0v) is 17.5. The van der Waals surface area contributed by atoms with Gasteiger partial charge in [-0.1, -0.05) is 71.6 Å². The van der Waals surface area contributed by atoms with E-state index in [0.29, 0.717) is 6.42 Å². The first-order chi connectivity index (χ1) is 9.91. The summed E-state index contributed by atoms with van der Waals surface area (Å²) >= 11 is 0. The van der Waals surface area contributed by atoms with E-state index in [4.69, 9.17) is 0 Å². The molecule has 0 radical (unpaired) electrons. The van der Waals surface area contributed by atoms with Crippen LogP contribution in [0, 0.1) is 0 Å². The molecule has 0 rings (SSSR count). The monoisotopic (exact) mass is 344 g/mol. The molecule has 0 spiro atoms. The fourth-order valence-corrected chi connectivity index (χ4v) is 3.47. The first kappa shape index (κ1) is 25.1. The zero-order valence-electron chi connectivity index (χ0n) is 14.7. The summed E-state index contributed by atoms with van der Waals surface area (Å²) < 4.78 is 32.9. The molecule has 0 aromatic rings. The van der Waals surface area contributed by atoms with E-state index in [9.17, 15) is 18.1 Å². The molecule has 4 nitrogen and oxygen atoms in total. The minimum Gasteiger partial charge on any atom is -0.748 e. The minimum absolute atomic E-state index is 0. The Bertz CT molecular complexity index is 333. The van der Waals surface area contributed by atoms with E-state index in [1.165, 1.54) is 44.9 Å². The largest absolute Gasteiger partial charge is 1.00 e. The van der Waals surface area contributed by atoms with E-state index in [1.54, 1.807) is 6.92 Å². The Hall–Kier alpha value is 0.870. The number of hydrogen-bond acceptors (Lipinski definition) is 4. The minimum atomic E-state index is -4.27. The van der Waals surface area contributed by atoms with Gasteiger partial charge in [0.15, 0.2) is 0 Å². The zero-order chi connectivity index (χ0) is 16.1. The third-order valence-electron chi connectivity index (χ3n) is 4.04. The van der Waals surface area contributed by atoms with Crippen LogP contribution < -0.4 is 29.6 Å². The van der Waals surface area contributed by atoms with Gasteiger partial charge in [0.2, 0.25) is 0 Å². The van der Waals surface area contributed by atoms with E-state index in [-0.39, 0.29) is 42.4 Å². The van der Waals surface area contributed by atoms with Crippen molar-refractivity contribution in [2.24, 2.45) is 0 Å². The van der Waals surface area contributed by atoms with Gasteiger partial charge in [0.1, 0.15) is 0 Å². The van der Waals surface area contributed by atoms with Crippen LogP contribution in [0.15, 0.2) is 0 Å². The molecular weight excluding hydrogens is 311 g/mol. The van der Waals surface area contributed by atoms with E-state index in [2.05, 4.69) is 6.92 Å². The first-order valence-corrected chi connectivity index (χ1v) is 10.0. The van der Waals surface area contributed by atoms with Crippen LogP contribution in [0.3, 0.4) is 0 Å². The predicted octanol–water partition coefficient (Wildman–Crippen LogP) is 0.986. The average molecular weight is 344 g/mol. The van der Waals surface area contributed by atoms with E-state index < -0.39 is 21.5 Å². The van der Waals surface area contributed by atoms with Crippen LogP contribution in [0.2, 0.25) is 0 Å². The number of aliphatic hydroxyl groups is 1. The van der Waals surface area contributed by atoms with Gasteiger partial charge in [0.05, 0.1) is 21.5 Å². The molecule has 0 saturated heterocycles. The average Bonchev–Trinajstić information content (AvgIpc) is 2.41. The molecule has 1 N–H and O–H groups in total. The van der Waals surface area contributed by atoms with Gasteiger partial charge in [0.25, 0.3) is 0 Å². The molecule has 0 fully saturated rings. The second kappa shape index (κ2) is 15.4. The van der Waals surface area contributed by atoms with Gasteiger partial charge in [-0.3, -0.25) is 0 Å². The van der Waals surface area contributed by atoms with Crippen LogP contribution in [-0.2, 0) is 10.1 Å². The predicted molar refractivity (Wildman–Crippen MR) is 86.2 cm³/mol. The normalized spacial score (nSPS) is 14.4. The first-order valence-electron chi connectivity index (χ1n) is 8.54. The van der Waals surface area contributed by atoms with Crippen molar-refractivity contribution in [3.05, 3.63) is 0 Å². The Kier molecular flexibility index (Phi) is 17.6. The van der Waals surface area contributed by atoms with Crippen molar-refractivity contribution in [3.63, 3.8) is 0 Å². The summed E-state index contributed by atoms with van der Waals surface area (Å²) in [7, 11) is -4.27. The molecule has 6 heteroatoms. The fourth-order valence-electron chi connectivity index (χ4n) is 2.60. The topological polar surface area (TPSA) is 77.4 Å². The number of rotatable bonds is 14. The summed E-state index contributed by atoms with van der Waals surface area (Å²) in [5, 5.41) is 8.87. The molecule has 128 valence electrons. The molecule has 0 saturated carbocycles. The molecule has 22 heavy (non-hydrogen) atoms. The molecule has 2 unspecified atom stereocenters. The molecule has 0 amide bonds. The Labute approximate surface area is 159 Å². The van der Waals surface area contributed by atoms with Crippen molar-refractivity contribution in [2.45, 2.75) is 102 Å². The standard InChI is InChI=1S/C16H34O4S.Na/c1-3-5-6-7-8-9-10-11-12-13-15(17)14-16(4-2)21(18,19)20;/h15-17H,3-14H2,1-2H3,(H,18,19,20);/q;+1/p-1. The Morgan fingerprint density at radius 1 is 0.909 bits per heavy atom.